The maximum Gasteiger partial charge on any atom is 0.126 e. The lowest BCUT2D eigenvalue weighted by molar-refractivity contribution is 0.569. The number of nitriles is 1. The first-order valence-electron chi connectivity index (χ1n) is 5.25. The van der Waals surface area contributed by atoms with Gasteiger partial charge in [-0.15, -0.1) is 0 Å². The molecule has 16 heavy (non-hydrogen) atoms. The second-order valence-electron chi connectivity index (χ2n) is 3.88. The summed E-state index contributed by atoms with van der Waals surface area (Å²) in [7, 11) is 1.90. The van der Waals surface area contributed by atoms with Crippen LogP contribution >= 0.6 is 0 Å². The van der Waals surface area contributed by atoms with E-state index in [-0.39, 0.29) is 5.82 Å². The molecule has 0 heterocycles. The fraction of sp³-hybridized carbons (Fsp3) is 0.417. The van der Waals surface area contributed by atoms with Gasteiger partial charge in [-0.2, -0.15) is 5.26 Å². The van der Waals surface area contributed by atoms with Crippen molar-refractivity contribution in [1.82, 2.24) is 5.32 Å². The number of hydrogen-bond donors (Lipinski definition) is 2. The summed E-state index contributed by atoms with van der Waals surface area (Å²) in [4.78, 5) is 0. The zero-order valence-electron chi connectivity index (χ0n) is 9.55. The topological polar surface area (TPSA) is 47.8 Å². The monoisotopic (exact) mass is 221 g/mol. The molecule has 0 amide bonds. The van der Waals surface area contributed by atoms with E-state index in [1.165, 1.54) is 12.1 Å². The molecule has 2 N–H and O–H groups in total. The second kappa shape index (κ2) is 6.09. The zero-order valence-corrected chi connectivity index (χ0v) is 9.55. The Bertz CT molecular complexity index is 384. The molecular formula is C12H16FN3. The van der Waals surface area contributed by atoms with Crippen LogP contribution in [0.3, 0.4) is 0 Å². The van der Waals surface area contributed by atoms with Gasteiger partial charge in [0.15, 0.2) is 0 Å². The van der Waals surface area contributed by atoms with Crippen molar-refractivity contribution in [2.45, 2.75) is 6.92 Å². The van der Waals surface area contributed by atoms with Crippen LogP contribution in [0.4, 0.5) is 10.1 Å². The highest BCUT2D eigenvalue weighted by Crippen LogP contribution is 2.13. The van der Waals surface area contributed by atoms with Gasteiger partial charge in [-0.1, -0.05) is 6.92 Å². The minimum atomic E-state index is -0.386. The second-order valence-corrected chi connectivity index (χ2v) is 3.88. The van der Waals surface area contributed by atoms with Gasteiger partial charge in [0.1, 0.15) is 5.82 Å². The first-order chi connectivity index (χ1) is 7.65. The molecule has 0 aliphatic carbocycles. The first kappa shape index (κ1) is 12.5. The van der Waals surface area contributed by atoms with E-state index < -0.39 is 0 Å². The lowest BCUT2D eigenvalue weighted by Gasteiger charge is -2.13. The molecule has 0 fully saturated rings. The molecule has 1 atom stereocenters. The molecule has 0 aromatic heterocycles. The van der Waals surface area contributed by atoms with Crippen molar-refractivity contribution in [2.24, 2.45) is 5.92 Å². The van der Waals surface area contributed by atoms with Crippen LogP contribution in [0.25, 0.3) is 0 Å². The fourth-order valence-corrected chi connectivity index (χ4v) is 1.47. The van der Waals surface area contributed by atoms with Gasteiger partial charge in [-0.05, 0) is 37.7 Å². The van der Waals surface area contributed by atoms with Crippen LogP contribution in [-0.2, 0) is 0 Å². The first-order valence-corrected chi connectivity index (χ1v) is 5.25. The van der Waals surface area contributed by atoms with Crippen LogP contribution in [0.2, 0.25) is 0 Å². The van der Waals surface area contributed by atoms with E-state index >= 15 is 0 Å². The van der Waals surface area contributed by atoms with Gasteiger partial charge < -0.3 is 10.6 Å². The van der Waals surface area contributed by atoms with Crippen LogP contribution in [-0.4, -0.2) is 20.1 Å². The summed E-state index contributed by atoms with van der Waals surface area (Å²) in [5, 5.41) is 14.9. The summed E-state index contributed by atoms with van der Waals surface area (Å²) in [6, 6.07) is 6.20. The van der Waals surface area contributed by atoms with E-state index in [2.05, 4.69) is 17.6 Å². The number of nitrogens with one attached hydrogen (secondary N) is 2. The third-order valence-electron chi connectivity index (χ3n) is 2.23. The molecule has 3 nitrogen and oxygen atoms in total. The highest BCUT2D eigenvalue weighted by molar-refractivity contribution is 5.49. The van der Waals surface area contributed by atoms with Gasteiger partial charge >= 0.3 is 0 Å². The highest BCUT2D eigenvalue weighted by atomic mass is 19.1. The molecule has 0 saturated heterocycles. The Morgan fingerprint density at radius 2 is 2.12 bits per heavy atom. The molecule has 0 bridgehead atoms. The molecule has 0 saturated carbocycles. The smallest absolute Gasteiger partial charge is 0.126 e. The molecular weight excluding hydrogens is 205 g/mol. The summed E-state index contributed by atoms with van der Waals surface area (Å²) in [6.45, 7) is 3.73. The van der Waals surface area contributed by atoms with Gasteiger partial charge in [0.2, 0.25) is 0 Å². The van der Waals surface area contributed by atoms with E-state index in [9.17, 15) is 4.39 Å². The fourth-order valence-electron chi connectivity index (χ4n) is 1.47. The number of halogens is 1. The molecule has 0 radical (unpaired) electrons. The average molecular weight is 221 g/mol. The van der Waals surface area contributed by atoms with Crippen molar-refractivity contribution < 1.29 is 4.39 Å². The zero-order chi connectivity index (χ0) is 12.0. The molecule has 0 aliphatic rings. The molecule has 1 rings (SSSR count). The van der Waals surface area contributed by atoms with E-state index in [1.54, 1.807) is 6.07 Å². The van der Waals surface area contributed by atoms with Crippen molar-refractivity contribution in [3.8, 4) is 6.07 Å². The Labute approximate surface area is 95.3 Å². The summed E-state index contributed by atoms with van der Waals surface area (Å²) in [5.41, 5.74) is 0.989. The van der Waals surface area contributed by atoms with Crippen molar-refractivity contribution in [3.63, 3.8) is 0 Å². The number of anilines is 1. The van der Waals surface area contributed by atoms with Gasteiger partial charge in [0.25, 0.3) is 0 Å². The lowest BCUT2D eigenvalue weighted by Crippen LogP contribution is -2.22. The summed E-state index contributed by atoms with van der Waals surface area (Å²) >= 11 is 0. The summed E-state index contributed by atoms with van der Waals surface area (Å²) in [5.74, 6) is 0.0571. The van der Waals surface area contributed by atoms with E-state index in [0.717, 1.165) is 13.1 Å². The average Bonchev–Trinajstić information content (AvgIpc) is 2.26. The Balaban J connectivity index is 2.60. The number of hydrogen-bond acceptors (Lipinski definition) is 3. The highest BCUT2D eigenvalue weighted by Gasteiger charge is 2.03. The van der Waals surface area contributed by atoms with Crippen LogP contribution in [0.5, 0.6) is 0 Å². The third kappa shape index (κ3) is 3.87. The van der Waals surface area contributed by atoms with Crippen molar-refractivity contribution in [2.75, 3.05) is 25.5 Å². The SMILES string of the molecule is CNCC(C)CNc1cc(F)cc(C#N)c1. The van der Waals surface area contributed by atoms with Gasteiger partial charge in [-0.25, -0.2) is 4.39 Å². The van der Waals surface area contributed by atoms with Gasteiger partial charge in [0.05, 0.1) is 11.6 Å². The molecule has 86 valence electrons. The van der Waals surface area contributed by atoms with E-state index in [0.29, 0.717) is 17.2 Å². The quantitative estimate of drug-likeness (QED) is 0.799. The Kier molecular flexibility index (Phi) is 4.74. The minimum Gasteiger partial charge on any atom is -0.385 e. The maximum atomic E-state index is 13.1. The third-order valence-corrected chi connectivity index (χ3v) is 2.23. The Hall–Kier alpha value is -1.60. The predicted octanol–water partition coefficient (Wildman–Crippen LogP) is 1.96. The molecule has 1 aromatic carbocycles. The molecule has 0 spiro atoms. The van der Waals surface area contributed by atoms with Crippen LogP contribution in [0, 0.1) is 23.1 Å². The summed E-state index contributed by atoms with van der Waals surface area (Å²) in [6.07, 6.45) is 0. The van der Waals surface area contributed by atoms with Crippen molar-refractivity contribution >= 4 is 5.69 Å². The van der Waals surface area contributed by atoms with Crippen LogP contribution in [0.1, 0.15) is 12.5 Å². The number of benzene rings is 1. The Morgan fingerprint density at radius 1 is 1.38 bits per heavy atom. The predicted molar refractivity (Wildman–Crippen MR) is 62.7 cm³/mol. The van der Waals surface area contributed by atoms with Crippen LogP contribution < -0.4 is 10.6 Å². The van der Waals surface area contributed by atoms with E-state index in [1.807, 2.05) is 13.1 Å². The lowest BCUT2D eigenvalue weighted by atomic mass is 10.1. The standard InChI is InChI=1S/C12H16FN3/c1-9(7-15-2)8-16-12-4-10(6-14)3-11(13)5-12/h3-5,9,15-16H,7-8H2,1-2H3. The number of nitrogens with zero attached hydrogens (tertiary/aromatic N) is 1. The molecule has 4 heteroatoms. The van der Waals surface area contributed by atoms with E-state index in [4.69, 9.17) is 5.26 Å². The number of rotatable bonds is 5. The Morgan fingerprint density at radius 3 is 2.75 bits per heavy atom. The summed E-state index contributed by atoms with van der Waals surface area (Å²) < 4.78 is 13.1. The van der Waals surface area contributed by atoms with Gasteiger partial charge in [0, 0.05) is 12.2 Å². The van der Waals surface area contributed by atoms with Crippen molar-refractivity contribution in [3.05, 3.63) is 29.6 Å². The molecule has 0 aliphatic heterocycles. The normalized spacial score (nSPS) is 11.9. The van der Waals surface area contributed by atoms with Crippen molar-refractivity contribution in [1.29, 1.82) is 5.26 Å². The van der Waals surface area contributed by atoms with Crippen LogP contribution in [0.15, 0.2) is 18.2 Å². The van der Waals surface area contributed by atoms with Gasteiger partial charge in [-0.3, -0.25) is 0 Å². The largest absolute Gasteiger partial charge is 0.385 e. The molecule has 1 unspecified atom stereocenters. The molecule has 1 aromatic rings. The maximum absolute atomic E-state index is 13.1. The minimum absolute atomic E-state index is 0.337.